The average Bonchev–Trinajstić information content (AvgIpc) is 2.79. The lowest BCUT2D eigenvalue weighted by molar-refractivity contribution is -0.129. The van der Waals surface area contributed by atoms with Crippen LogP contribution < -0.4 is 0 Å². The minimum Gasteiger partial charge on any atom is -0.361 e. The Hall–Kier alpha value is -1.75. The standard InChI is InChI=1S/C16H20N2O2S/c1-11-15(12(2)20-17-11)10-18(4)16(19)13(3)21-14-8-6-5-7-9-14/h5-9,13H,10H2,1-4H3. The highest BCUT2D eigenvalue weighted by Crippen LogP contribution is 2.24. The summed E-state index contributed by atoms with van der Waals surface area (Å²) in [5.41, 5.74) is 1.83. The topological polar surface area (TPSA) is 46.3 Å². The van der Waals surface area contributed by atoms with E-state index in [9.17, 15) is 4.79 Å². The summed E-state index contributed by atoms with van der Waals surface area (Å²) in [7, 11) is 1.82. The molecule has 1 aromatic heterocycles. The van der Waals surface area contributed by atoms with E-state index < -0.39 is 0 Å². The molecule has 2 aromatic rings. The molecule has 1 heterocycles. The van der Waals surface area contributed by atoms with Gasteiger partial charge in [0.15, 0.2) is 0 Å². The second-order valence-electron chi connectivity index (χ2n) is 5.07. The molecule has 0 radical (unpaired) electrons. The van der Waals surface area contributed by atoms with Crippen LogP contribution in [0, 0.1) is 13.8 Å². The van der Waals surface area contributed by atoms with Gasteiger partial charge in [0.05, 0.1) is 17.5 Å². The van der Waals surface area contributed by atoms with Crippen molar-refractivity contribution in [3.05, 3.63) is 47.3 Å². The first-order valence-electron chi connectivity index (χ1n) is 6.87. The zero-order valence-electron chi connectivity index (χ0n) is 12.8. The van der Waals surface area contributed by atoms with Crippen LogP contribution in [-0.4, -0.2) is 28.3 Å². The summed E-state index contributed by atoms with van der Waals surface area (Å²) in [4.78, 5) is 15.3. The number of benzene rings is 1. The van der Waals surface area contributed by atoms with Gasteiger partial charge >= 0.3 is 0 Å². The predicted octanol–water partition coefficient (Wildman–Crippen LogP) is 3.43. The summed E-state index contributed by atoms with van der Waals surface area (Å²) in [6.45, 7) is 6.23. The Labute approximate surface area is 129 Å². The highest BCUT2D eigenvalue weighted by atomic mass is 32.2. The maximum Gasteiger partial charge on any atom is 0.235 e. The molecule has 4 nitrogen and oxygen atoms in total. The lowest BCUT2D eigenvalue weighted by Gasteiger charge is -2.21. The van der Waals surface area contributed by atoms with E-state index in [4.69, 9.17) is 4.52 Å². The Morgan fingerprint density at radius 2 is 2.00 bits per heavy atom. The van der Waals surface area contributed by atoms with E-state index >= 15 is 0 Å². The van der Waals surface area contributed by atoms with Crippen LogP contribution in [0.1, 0.15) is 23.9 Å². The lowest BCUT2D eigenvalue weighted by atomic mass is 10.2. The molecule has 0 N–H and O–H groups in total. The van der Waals surface area contributed by atoms with Crippen molar-refractivity contribution in [1.29, 1.82) is 0 Å². The molecule has 1 amide bonds. The first-order chi connectivity index (χ1) is 9.99. The molecule has 0 fully saturated rings. The van der Waals surface area contributed by atoms with Crippen molar-refractivity contribution in [3.63, 3.8) is 0 Å². The molecule has 0 aliphatic heterocycles. The van der Waals surface area contributed by atoms with Gasteiger partial charge in [0, 0.05) is 17.5 Å². The number of nitrogens with zero attached hydrogens (tertiary/aromatic N) is 2. The SMILES string of the molecule is Cc1noc(C)c1CN(C)C(=O)C(C)Sc1ccccc1. The monoisotopic (exact) mass is 304 g/mol. The van der Waals surface area contributed by atoms with Crippen LogP contribution in [0.5, 0.6) is 0 Å². The summed E-state index contributed by atoms with van der Waals surface area (Å²) in [5, 5.41) is 3.80. The second-order valence-corrected chi connectivity index (χ2v) is 6.48. The molecule has 21 heavy (non-hydrogen) atoms. The fourth-order valence-corrected chi connectivity index (χ4v) is 3.11. The Bertz CT molecular complexity index is 590. The molecule has 0 bridgehead atoms. The molecule has 1 unspecified atom stereocenters. The largest absolute Gasteiger partial charge is 0.361 e. The van der Waals surface area contributed by atoms with Crippen molar-refractivity contribution >= 4 is 17.7 Å². The highest BCUT2D eigenvalue weighted by Gasteiger charge is 2.21. The van der Waals surface area contributed by atoms with Gasteiger partial charge in [-0.1, -0.05) is 23.4 Å². The molecule has 0 saturated carbocycles. The fourth-order valence-electron chi connectivity index (χ4n) is 2.11. The van der Waals surface area contributed by atoms with Gasteiger partial charge in [-0.05, 0) is 32.9 Å². The zero-order chi connectivity index (χ0) is 15.4. The van der Waals surface area contributed by atoms with Gasteiger partial charge in [-0.25, -0.2) is 0 Å². The van der Waals surface area contributed by atoms with Crippen LogP contribution in [0.3, 0.4) is 0 Å². The van der Waals surface area contributed by atoms with E-state index in [-0.39, 0.29) is 11.2 Å². The minimum absolute atomic E-state index is 0.101. The highest BCUT2D eigenvalue weighted by molar-refractivity contribution is 8.00. The van der Waals surface area contributed by atoms with E-state index in [1.54, 1.807) is 16.7 Å². The molecule has 1 aromatic carbocycles. The van der Waals surface area contributed by atoms with Crippen molar-refractivity contribution in [1.82, 2.24) is 10.1 Å². The van der Waals surface area contributed by atoms with Crippen LogP contribution in [0.25, 0.3) is 0 Å². The molecule has 0 aliphatic carbocycles. The van der Waals surface area contributed by atoms with Crippen LogP contribution >= 0.6 is 11.8 Å². The van der Waals surface area contributed by atoms with Crippen molar-refractivity contribution in [2.24, 2.45) is 0 Å². The van der Waals surface area contributed by atoms with Crippen molar-refractivity contribution < 1.29 is 9.32 Å². The first kappa shape index (κ1) is 15.6. The van der Waals surface area contributed by atoms with Gasteiger partial charge in [0.2, 0.25) is 5.91 Å². The normalized spacial score (nSPS) is 12.2. The maximum absolute atomic E-state index is 12.5. The van der Waals surface area contributed by atoms with E-state index in [0.717, 1.165) is 21.9 Å². The van der Waals surface area contributed by atoms with E-state index in [1.165, 1.54) is 0 Å². The molecule has 5 heteroatoms. The molecule has 1 atom stereocenters. The lowest BCUT2D eigenvalue weighted by Crippen LogP contribution is -2.33. The van der Waals surface area contributed by atoms with Gasteiger partial charge < -0.3 is 9.42 Å². The van der Waals surface area contributed by atoms with Crippen LogP contribution in [0.4, 0.5) is 0 Å². The van der Waals surface area contributed by atoms with E-state index in [1.807, 2.05) is 58.2 Å². The number of amides is 1. The fraction of sp³-hybridized carbons (Fsp3) is 0.375. The summed E-state index contributed by atoms with van der Waals surface area (Å²) in [6.07, 6.45) is 0. The van der Waals surface area contributed by atoms with Crippen LogP contribution in [0.15, 0.2) is 39.8 Å². The summed E-state index contributed by atoms with van der Waals surface area (Å²) in [5.74, 6) is 0.874. The summed E-state index contributed by atoms with van der Waals surface area (Å²) < 4.78 is 5.14. The van der Waals surface area contributed by atoms with Crippen LogP contribution in [0.2, 0.25) is 0 Å². The smallest absolute Gasteiger partial charge is 0.235 e. The summed E-state index contributed by atoms with van der Waals surface area (Å²) >= 11 is 1.57. The number of hydrogen-bond acceptors (Lipinski definition) is 4. The van der Waals surface area contributed by atoms with E-state index in [0.29, 0.717) is 6.54 Å². The quantitative estimate of drug-likeness (QED) is 0.794. The molecular weight excluding hydrogens is 284 g/mol. The molecule has 2 rings (SSSR count). The predicted molar refractivity (Wildman–Crippen MR) is 84.2 cm³/mol. The number of hydrogen-bond donors (Lipinski definition) is 0. The van der Waals surface area contributed by atoms with Crippen molar-refractivity contribution in [2.45, 2.75) is 37.5 Å². The number of rotatable bonds is 5. The van der Waals surface area contributed by atoms with Gasteiger partial charge in [-0.15, -0.1) is 11.8 Å². The number of thioether (sulfide) groups is 1. The third kappa shape index (κ3) is 3.88. The molecule has 112 valence electrons. The third-order valence-corrected chi connectivity index (χ3v) is 4.46. The van der Waals surface area contributed by atoms with E-state index in [2.05, 4.69) is 5.16 Å². The molecule has 0 saturated heterocycles. The first-order valence-corrected chi connectivity index (χ1v) is 7.75. The Morgan fingerprint density at radius 3 is 2.57 bits per heavy atom. The number of carbonyl (C=O) groups is 1. The Balaban J connectivity index is 1.99. The van der Waals surface area contributed by atoms with Crippen molar-refractivity contribution in [2.75, 3.05) is 7.05 Å². The molecule has 0 aliphatic rings. The number of carbonyl (C=O) groups excluding carboxylic acids is 1. The summed E-state index contributed by atoms with van der Waals surface area (Å²) in [6, 6.07) is 9.96. The minimum atomic E-state index is -0.127. The average molecular weight is 304 g/mol. The molecule has 0 spiro atoms. The van der Waals surface area contributed by atoms with Crippen LogP contribution in [-0.2, 0) is 11.3 Å². The number of aromatic nitrogens is 1. The zero-order valence-corrected chi connectivity index (χ0v) is 13.6. The van der Waals surface area contributed by atoms with Gasteiger partial charge in [-0.2, -0.15) is 0 Å². The van der Waals surface area contributed by atoms with Crippen molar-refractivity contribution in [3.8, 4) is 0 Å². The van der Waals surface area contributed by atoms with Gasteiger partial charge in [0.1, 0.15) is 5.76 Å². The Morgan fingerprint density at radius 1 is 1.33 bits per heavy atom. The maximum atomic E-state index is 12.5. The van der Waals surface area contributed by atoms with Gasteiger partial charge in [0.25, 0.3) is 0 Å². The molecular formula is C16H20N2O2S. The van der Waals surface area contributed by atoms with Gasteiger partial charge in [-0.3, -0.25) is 4.79 Å². The second kappa shape index (κ2) is 6.80. The third-order valence-electron chi connectivity index (χ3n) is 3.36. The number of aryl methyl sites for hydroxylation is 2. The Kier molecular flexibility index (Phi) is 5.07.